The Hall–Kier alpha value is -1.82. The molecule has 124 valence electrons. The Balaban J connectivity index is 1.70. The van der Waals surface area contributed by atoms with Gasteiger partial charge in [0.25, 0.3) is 0 Å². The first-order valence-electron chi connectivity index (χ1n) is 7.59. The first-order valence-corrected chi connectivity index (χ1v) is 8.34. The van der Waals surface area contributed by atoms with E-state index < -0.39 is 5.82 Å². The van der Waals surface area contributed by atoms with Gasteiger partial charge in [0.05, 0.1) is 27.4 Å². The molecule has 0 aliphatic carbocycles. The number of hydrogen-bond donors (Lipinski definition) is 1. The van der Waals surface area contributed by atoms with Crippen molar-refractivity contribution in [2.45, 2.75) is 19.1 Å². The molecule has 1 aromatic carbocycles. The SMILES string of the molecule is Fc1cc(Cl)c(Nc2nccc3c2ccn3CC2CCO2)c(Cl)c1. The molecule has 0 radical (unpaired) electrons. The summed E-state index contributed by atoms with van der Waals surface area (Å²) in [5.41, 5.74) is 1.48. The molecule has 0 amide bonds. The van der Waals surface area contributed by atoms with Crippen molar-refractivity contribution in [3.63, 3.8) is 0 Å². The minimum atomic E-state index is -0.478. The average molecular weight is 366 g/mol. The van der Waals surface area contributed by atoms with Crippen LogP contribution in [0.4, 0.5) is 15.9 Å². The highest BCUT2D eigenvalue weighted by molar-refractivity contribution is 6.39. The number of rotatable bonds is 4. The molecule has 0 bridgehead atoms. The van der Waals surface area contributed by atoms with Gasteiger partial charge in [-0.15, -0.1) is 0 Å². The van der Waals surface area contributed by atoms with Crippen LogP contribution in [0.3, 0.4) is 0 Å². The zero-order valence-corrected chi connectivity index (χ0v) is 14.1. The third-order valence-corrected chi connectivity index (χ3v) is 4.74. The second-order valence-electron chi connectivity index (χ2n) is 5.71. The van der Waals surface area contributed by atoms with E-state index in [0.29, 0.717) is 11.5 Å². The number of halogens is 3. The zero-order valence-electron chi connectivity index (χ0n) is 12.6. The average Bonchev–Trinajstić information content (AvgIpc) is 2.90. The third kappa shape index (κ3) is 2.83. The van der Waals surface area contributed by atoms with E-state index in [0.717, 1.165) is 30.5 Å². The summed E-state index contributed by atoms with van der Waals surface area (Å²) in [4.78, 5) is 4.37. The number of anilines is 2. The molecule has 1 unspecified atom stereocenters. The Morgan fingerprint density at radius 1 is 1.29 bits per heavy atom. The van der Waals surface area contributed by atoms with Gasteiger partial charge in [0, 0.05) is 30.9 Å². The molecule has 0 spiro atoms. The van der Waals surface area contributed by atoms with Gasteiger partial charge in [-0.25, -0.2) is 9.37 Å². The molecule has 4 nitrogen and oxygen atoms in total. The first kappa shape index (κ1) is 15.7. The molecule has 7 heteroatoms. The van der Waals surface area contributed by atoms with Gasteiger partial charge in [0.1, 0.15) is 11.6 Å². The minimum Gasteiger partial charge on any atom is -0.376 e. The van der Waals surface area contributed by atoms with Crippen LogP contribution in [0.5, 0.6) is 0 Å². The maximum atomic E-state index is 13.3. The lowest BCUT2D eigenvalue weighted by molar-refractivity contribution is -0.0586. The van der Waals surface area contributed by atoms with E-state index in [-0.39, 0.29) is 16.1 Å². The smallest absolute Gasteiger partial charge is 0.139 e. The quantitative estimate of drug-likeness (QED) is 0.705. The Morgan fingerprint density at radius 3 is 2.71 bits per heavy atom. The standard InChI is InChI=1S/C17H14Cl2FN3O/c18-13-7-10(20)8-14(19)16(13)22-17-12-2-5-23(9-11-3-6-24-11)15(12)1-4-21-17/h1-2,4-5,7-8,11H,3,6,9H2,(H,21,22). The summed E-state index contributed by atoms with van der Waals surface area (Å²) in [6.07, 6.45) is 5.07. The van der Waals surface area contributed by atoms with Crippen LogP contribution in [-0.2, 0) is 11.3 Å². The van der Waals surface area contributed by atoms with E-state index >= 15 is 0 Å². The molecule has 1 fully saturated rings. The minimum absolute atomic E-state index is 0.209. The van der Waals surface area contributed by atoms with Crippen molar-refractivity contribution >= 4 is 45.6 Å². The monoisotopic (exact) mass is 365 g/mol. The lowest BCUT2D eigenvalue weighted by Crippen LogP contribution is -2.30. The number of pyridine rings is 1. The van der Waals surface area contributed by atoms with Crippen molar-refractivity contribution in [1.29, 1.82) is 0 Å². The maximum absolute atomic E-state index is 13.3. The Bertz CT molecular complexity index is 885. The van der Waals surface area contributed by atoms with Gasteiger partial charge in [-0.2, -0.15) is 0 Å². The molecular formula is C17H14Cl2FN3O. The van der Waals surface area contributed by atoms with Crippen molar-refractivity contribution in [2.24, 2.45) is 0 Å². The van der Waals surface area contributed by atoms with Gasteiger partial charge in [0.2, 0.25) is 0 Å². The van der Waals surface area contributed by atoms with E-state index in [1.165, 1.54) is 12.1 Å². The first-order chi connectivity index (χ1) is 11.6. The number of fused-ring (bicyclic) bond motifs is 1. The highest BCUT2D eigenvalue weighted by Crippen LogP contribution is 2.35. The van der Waals surface area contributed by atoms with Crippen molar-refractivity contribution < 1.29 is 9.13 Å². The van der Waals surface area contributed by atoms with Crippen LogP contribution in [0.2, 0.25) is 10.0 Å². The van der Waals surface area contributed by atoms with Gasteiger partial charge in [0.15, 0.2) is 0 Å². The van der Waals surface area contributed by atoms with Crippen molar-refractivity contribution in [3.05, 3.63) is 52.5 Å². The van der Waals surface area contributed by atoms with E-state index in [9.17, 15) is 4.39 Å². The zero-order chi connectivity index (χ0) is 16.7. The van der Waals surface area contributed by atoms with Crippen molar-refractivity contribution in [1.82, 2.24) is 9.55 Å². The second-order valence-corrected chi connectivity index (χ2v) is 6.53. The molecular weight excluding hydrogens is 352 g/mol. The number of nitrogens with zero attached hydrogens (tertiary/aromatic N) is 2. The summed E-state index contributed by atoms with van der Waals surface area (Å²) in [7, 11) is 0. The fraction of sp³-hybridized carbons (Fsp3) is 0.235. The van der Waals surface area contributed by atoms with Crippen LogP contribution in [-0.4, -0.2) is 22.3 Å². The fourth-order valence-electron chi connectivity index (χ4n) is 2.81. The Morgan fingerprint density at radius 2 is 2.04 bits per heavy atom. The molecule has 3 heterocycles. The number of aromatic nitrogens is 2. The second kappa shape index (κ2) is 6.24. The predicted molar refractivity (Wildman–Crippen MR) is 93.8 cm³/mol. The summed E-state index contributed by atoms with van der Waals surface area (Å²) < 4.78 is 21.0. The number of hydrogen-bond acceptors (Lipinski definition) is 3. The molecule has 2 aromatic heterocycles. The van der Waals surface area contributed by atoms with Crippen LogP contribution in [0.25, 0.3) is 10.9 Å². The largest absolute Gasteiger partial charge is 0.376 e. The van der Waals surface area contributed by atoms with Crippen LogP contribution >= 0.6 is 23.2 Å². The molecule has 3 aromatic rings. The molecule has 1 saturated heterocycles. The highest BCUT2D eigenvalue weighted by atomic mass is 35.5. The lowest BCUT2D eigenvalue weighted by Gasteiger charge is -2.27. The number of nitrogens with one attached hydrogen (secondary N) is 1. The number of benzene rings is 1. The van der Waals surface area contributed by atoms with Gasteiger partial charge in [-0.1, -0.05) is 23.2 Å². The summed E-state index contributed by atoms with van der Waals surface area (Å²) in [6, 6.07) is 6.37. The molecule has 24 heavy (non-hydrogen) atoms. The van der Waals surface area contributed by atoms with Crippen molar-refractivity contribution in [3.8, 4) is 0 Å². The summed E-state index contributed by atoms with van der Waals surface area (Å²) in [5, 5.41) is 4.48. The summed E-state index contributed by atoms with van der Waals surface area (Å²) >= 11 is 12.2. The van der Waals surface area contributed by atoms with Crippen LogP contribution < -0.4 is 5.32 Å². The number of ether oxygens (including phenoxy) is 1. The third-order valence-electron chi connectivity index (χ3n) is 4.14. The van der Waals surface area contributed by atoms with Gasteiger partial charge in [-0.05, 0) is 30.7 Å². The Labute approximate surface area is 148 Å². The van der Waals surface area contributed by atoms with Gasteiger partial charge in [-0.3, -0.25) is 0 Å². The van der Waals surface area contributed by atoms with Gasteiger partial charge < -0.3 is 14.6 Å². The molecule has 1 aliphatic rings. The molecule has 4 rings (SSSR count). The van der Waals surface area contributed by atoms with Crippen LogP contribution in [0.1, 0.15) is 6.42 Å². The fourth-order valence-corrected chi connectivity index (χ4v) is 3.36. The molecule has 0 saturated carbocycles. The Kier molecular flexibility index (Phi) is 4.08. The molecule has 1 N–H and O–H groups in total. The van der Waals surface area contributed by atoms with E-state index in [1.54, 1.807) is 6.20 Å². The lowest BCUT2D eigenvalue weighted by atomic mass is 10.2. The van der Waals surface area contributed by atoms with E-state index in [4.69, 9.17) is 27.9 Å². The molecule has 1 aliphatic heterocycles. The van der Waals surface area contributed by atoms with Gasteiger partial charge >= 0.3 is 0 Å². The topological polar surface area (TPSA) is 39.1 Å². The maximum Gasteiger partial charge on any atom is 0.139 e. The normalized spacial score (nSPS) is 17.0. The van der Waals surface area contributed by atoms with E-state index in [2.05, 4.69) is 14.9 Å². The van der Waals surface area contributed by atoms with Crippen LogP contribution in [0, 0.1) is 5.82 Å². The van der Waals surface area contributed by atoms with Crippen LogP contribution in [0.15, 0.2) is 36.7 Å². The highest BCUT2D eigenvalue weighted by Gasteiger charge is 2.20. The van der Waals surface area contributed by atoms with E-state index in [1.807, 2.05) is 18.3 Å². The predicted octanol–water partition coefficient (Wildman–Crippen LogP) is 5.01. The summed E-state index contributed by atoms with van der Waals surface area (Å²) in [6.45, 7) is 1.64. The summed E-state index contributed by atoms with van der Waals surface area (Å²) in [5.74, 6) is 0.143. The molecule has 1 atom stereocenters. The van der Waals surface area contributed by atoms with Crippen molar-refractivity contribution in [2.75, 3.05) is 11.9 Å².